The van der Waals surface area contributed by atoms with E-state index < -0.39 is 112 Å². The summed E-state index contributed by atoms with van der Waals surface area (Å²) in [6.45, 7) is 7.33. The van der Waals surface area contributed by atoms with Crippen LogP contribution in [0, 0.1) is 16.7 Å². The van der Waals surface area contributed by atoms with Gasteiger partial charge in [0.05, 0.1) is 47.8 Å². The summed E-state index contributed by atoms with van der Waals surface area (Å²) in [7, 11) is 0. The molecular weight excluding hydrogens is 883 g/mol. The number of nitrogens with one attached hydrogen (secondary N) is 1. The number of aliphatic hydroxyl groups is 3. The predicted octanol–water partition coefficient (Wildman–Crippen LogP) is 3.68. The minimum Gasteiger partial charge on any atom is -0.489 e. The first-order valence-corrected chi connectivity index (χ1v) is 22.4. The Morgan fingerprint density at radius 1 is 0.809 bits per heavy atom. The topological polar surface area (TPSA) is 240 Å². The molecule has 1 saturated heterocycles. The Morgan fingerprint density at radius 3 is 2.10 bits per heavy atom. The number of rotatable bonds is 5. The molecule has 0 spiro atoms. The van der Waals surface area contributed by atoms with Gasteiger partial charge in [0.15, 0.2) is 29.7 Å². The fourth-order valence-electron chi connectivity index (χ4n) is 11.1. The number of para-hydroxylation sites is 1. The van der Waals surface area contributed by atoms with Crippen LogP contribution in [-0.4, -0.2) is 125 Å². The zero-order valence-electron chi connectivity index (χ0n) is 38.4. The van der Waals surface area contributed by atoms with E-state index in [1.165, 1.54) is 45.9 Å². The number of fused-ring (bicyclic) bond motifs is 8. The van der Waals surface area contributed by atoms with Crippen molar-refractivity contribution in [3.63, 3.8) is 0 Å². The van der Waals surface area contributed by atoms with E-state index in [2.05, 4.69) is 5.32 Å². The smallest absolute Gasteiger partial charge is 0.338 e. The second-order valence-electron chi connectivity index (χ2n) is 18.6. The van der Waals surface area contributed by atoms with Crippen molar-refractivity contribution in [2.24, 2.45) is 16.7 Å². The maximum Gasteiger partial charge on any atom is 0.338 e. The molecule has 3 aliphatic carbocycles. The summed E-state index contributed by atoms with van der Waals surface area (Å²) in [4.78, 5) is 85.6. The second-order valence-corrected chi connectivity index (χ2v) is 18.6. The molecule has 68 heavy (non-hydrogen) atoms. The Kier molecular flexibility index (Phi) is 13.0. The third-order valence-electron chi connectivity index (χ3n) is 14.5. The molecule has 17 heteroatoms. The van der Waals surface area contributed by atoms with Crippen molar-refractivity contribution >= 4 is 35.6 Å². The van der Waals surface area contributed by atoms with E-state index in [4.69, 9.17) is 33.2 Å². The Hall–Kier alpha value is -6.24. The number of carbonyl (C=O) groups excluding carboxylic acids is 6. The molecule has 5 aliphatic rings. The fourth-order valence-corrected chi connectivity index (χ4v) is 11.1. The van der Waals surface area contributed by atoms with Crippen LogP contribution in [0.25, 0.3) is 0 Å². The average molecular weight is 938 g/mol. The van der Waals surface area contributed by atoms with Crippen LogP contribution in [0.3, 0.4) is 0 Å². The van der Waals surface area contributed by atoms with E-state index in [1.54, 1.807) is 78.9 Å². The van der Waals surface area contributed by atoms with Gasteiger partial charge in [0.2, 0.25) is 0 Å². The average Bonchev–Trinajstić information content (AvgIpc) is 3.30. The van der Waals surface area contributed by atoms with Gasteiger partial charge in [0.25, 0.3) is 5.91 Å². The molecule has 17 nitrogen and oxygen atoms in total. The van der Waals surface area contributed by atoms with Crippen molar-refractivity contribution in [2.75, 3.05) is 19.8 Å². The van der Waals surface area contributed by atoms with Gasteiger partial charge in [-0.1, -0.05) is 80.6 Å². The predicted molar refractivity (Wildman–Crippen MR) is 237 cm³/mol. The largest absolute Gasteiger partial charge is 0.489 e. The van der Waals surface area contributed by atoms with Gasteiger partial charge in [0, 0.05) is 25.7 Å². The molecule has 1 unspecified atom stereocenters. The molecule has 3 fully saturated rings. The summed E-state index contributed by atoms with van der Waals surface area (Å²) in [6.07, 6.45) is -9.52. The molecule has 360 valence electrons. The van der Waals surface area contributed by atoms with Crippen LogP contribution in [0.4, 0.5) is 0 Å². The lowest BCUT2D eigenvalue weighted by Crippen LogP contribution is -2.83. The molecule has 2 bridgehead atoms. The molecule has 2 heterocycles. The van der Waals surface area contributed by atoms with Crippen LogP contribution in [0.5, 0.6) is 5.75 Å². The highest BCUT2D eigenvalue weighted by atomic mass is 16.6. The van der Waals surface area contributed by atoms with Crippen molar-refractivity contribution in [3.8, 4) is 5.75 Å². The molecular formula is C51H55NO16. The zero-order valence-corrected chi connectivity index (χ0v) is 38.4. The lowest BCUT2D eigenvalue weighted by Gasteiger charge is -2.68. The lowest BCUT2D eigenvalue weighted by atomic mass is 9.44. The van der Waals surface area contributed by atoms with Gasteiger partial charge < -0.3 is 53.8 Å². The van der Waals surface area contributed by atoms with Crippen molar-refractivity contribution in [1.82, 2.24) is 5.32 Å². The number of carbonyl (C=O) groups is 6. The number of esters is 4. The first kappa shape index (κ1) is 48.2. The maximum absolute atomic E-state index is 15.8. The van der Waals surface area contributed by atoms with Crippen molar-refractivity contribution in [2.45, 2.75) is 108 Å². The van der Waals surface area contributed by atoms with Crippen molar-refractivity contribution in [3.05, 3.63) is 125 Å². The van der Waals surface area contributed by atoms with E-state index in [0.717, 1.165) is 13.8 Å². The lowest BCUT2D eigenvalue weighted by molar-refractivity contribution is -0.353. The minimum atomic E-state index is -2.71. The molecule has 4 N–H and O–H groups in total. The van der Waals surface area contributed by atoms with Gasteiger partial charge in [-0.15, -0.1) is 0 Å². The number of amides is 1. The summed E-state index contributed by atoms with van der Waals surface area (Å²) in [5, 5.41) is 41.5. The Morgan fingerprint density at radius 2 is 1.46 bits per heavy atom. The highest BCUT2D eigenvalue weighted by molar-refractivity contribution is 5.98. The Bertz CT molecular complexity index is 2540. The molecule has 0 aromatic heterocycles. The van der Waals surface area contributed by atoms with Crippen molar-refractivity contribution in [1.29, 1.82) is 0 Å². The number of aliphatic hydroxyl groups excluding tert-OH is 2. The van der Waals surface area contributed by atoms with Crippen LogP contribution in [-0.2, 0) is 47.6 Å². The quantitative estimate of drug-likeness (QED) is 0.162. The summed E-state index contributed by atoms with van der Waals surface area (Å²) in [6, 6.07) is 20.9. The first-order chi connectivity index (χ1) is 32.3. The van der Waals surface area contributed by atoms with E-state index in [1.807, 2.05) is 0 Å². The minimum absolute atomic E-state index is 0.0207. The van der Waals surface area contributed by atoms with Crippen LogP contribution in [0.15, 0.2) is 108 Å². The van der Waals surface area contributed by atoms with Gasteiger partial charge in [0.1, 0.15) is 36.3 Å². The van der Waals surface area contributed by atoms with E-state index in [-0.39, 0.29) is 54.3 Å². The van der Waals surface area contributed by atoms with Crippen molar-refractivity contribution < 1.29 is 77.2 Å². The van der Waals surface area contributed by atoms with Gasteiger partial charge in [-0.25, -0.2) is 9.59 Å². The fraction of sp³-hybridized carbons (Fsp3) is 0.451. The summed E-state index contributed by atoms with van der Waals surface area (Å²) in [5.74, 6) is -7.16. The second kappa shape index (κ2) is 18.3. The molecule has 1 amide bonds. The van der Waals surface area contributed by atoms with E-state index in [0.29, 0.717) is 5.56 Å². The van der Waals surface area contributed by atoms with E-state index >= 15 is 4.79 Å². The number of ether oxygens (including phenoxy) is 7. The molecule has 3 aromatic carbocycles. The van der Waals surface area contributed by atoms with Gasteiger partial charge in [-0.3, -0.25) is 19.2 Å². The molecule has 8 rings (SSSR count). The van der Waals surface area contributed by atoms with Gasteiger partial charge in [-0.05, 0) is 60.9 Å². The number of benzene rings is 3. The third kappa shape index (κ3) is 7.89. The SMILES string of the molecule is CC(=O)OC1C(=O)[C@@]2(C)[C@H]([C@H](OC(=O)c3ccccc3)[C@]3(O)[C@H]4OC/C=C\COc5ccccc5C(=O)N[C@@H](c5ccccc5)[C@H](O)C(=O)O[C@@H]4C(C)=C1C3(C)C)[C@]1(OC(C)=O)CO[C@@H]1C[C@@H]2O. The summed E-state index contributed by atoms with van der Waals surface area (Å²) >= 11 is 0. The van der Waals surface area contributed by atoms with Crippen LogP contribution in [0.2, 0.25) is 0 Å². The molecule has 3 aromatic rings. The summed E-state index contributed by atoms with van der Waals surface area (Å²) < 4.78 is 43.6. The molecule has 2 aliphatic heterocycles. The highest BCUT2D eigenvalue weighted by Crippen LogP contribution is 2.65. The summed E-state index contributed by atoms with van der Waals surface area (Å²) in [5.41, 5.74) is -8.21. The van der Waals surface area contributed by atoms with Crippen LogP contribution >= 0.6 is 0 Å². The normalized spacial score (nSPS) is 35.0. The Balaban J connectivity index is 1.39. The maximum atomic E-state index is 15.8. The zero-order chi connectivity index (χ0) is 48.9. The first-order valence-electron chi connectivity index (χ1n) is 22.4. The standard InChI is InChI=1S/C51H55NO16/c1-27-36-40(65-28(2)53)42(57)49(6)34(55)25-35-50(26-64-35,68-29(3)54)41(49)44(67-46(59)31-19-11-8-12-20-31)51(61,48(36,4)5)43-39(27)66-47(60)38(56)37(30-17-9-7-10-18-30)52-45(58)32-21-13-14-22-33(32)62-23-15-16-24-63-43/h7-22,34-35,37-41,43-44,55-56,61H,23-26H2,1-6H3,(H,52,58)/b16-15-/t34-,35+,37-,38-,39+,40?,41-,43-,44-,49+,50-,51+/m0/s1. The number of hydrogen-bond donors (Lipinski definition) is 4. The van der Waals surface area contributed by atoms with Gasteiger partial charge >= 0.3 is 23.9 Å². The van der Waals surface area contributed by atoms with Crippen LogP contribution in [0.1, 0.15) is 80.3 Å². The third-order valence-corrected chi connectivity index (χ3v) is 14.5. The highest BCUT2D eigenvalue weighted by Gasteiger charge is 2.80. The van der Waals surface area contributed by atoms with E-state index in [9.17, 15) is 39.3 Å². The number of Topliss-reactive ketones (excluding diaryl/α,β-unsaturated/α-hetero) is 1. The number of hydrogen-bond acceptors (Lipinski definition) is 16. The van der Waals surface area contributed by atoms with Gasteiger partial charge in [-0.2, -0.15) is 0 Å². The molecule has 0 radical (unpaired) electrons. The monoisotopic (exact) mass is 937 g/mol. The molecule has 12 atom stereocenters. The van der Waals surface area contributed by atoms with Crippen LogP contribution < -0.4 is 10.1 Å². The Labute approximate surface area is 392 Å². The number of ketones is 1. The molecule has 2 saturated carbocycles.